The number of aromatic hydroxyl groups is 1. The maximum atomic E-state index is 10.8. The summed E-state index contributed by atoms with van der Waals surface area (Å²) < 4.78 is 5.47. The lowest BCUT2D eigenvalue weighted by atomic mass is 10.1. The van der Waals surface area contributed by atoms with Gasteiger partial charge in [0, 0.05) is 0 Å². The number of hydrogen-bond acceptors (Lipinski definition) is 3. The van der Waals surface area contributed by atoms with Crippen molar-refractivity contribution in [3.05, 3.63) is 59.2 Å². The van der Waals surface area contributed by atoms with E-state index in [0.29, 0.717) is 12.4 Å². The van der Waals surface area contributed by atoms with E-state index >= 15 is 0 Å². The lowest BCUT2D eigenvalue weighted by Crippen LogP contribution is -1.95. The third-order valence-electron chi connectivity index (χ3n) is 3.07. The fourth-order valence-corrected chi connectivity index (χ4v) is 1.89. The van der Waals surface area contributed by atoms with E-state index in [0.717, 1.165) is 17.5 Å². The number of hydrogen-bond donors (Lipinski definition) is 2. The highest BCUT2D eigenvalue weighted by molar-refractivity contribution is 5.88. The lowest BCUT2D eigenvalue weighted by molar-refractivity contribution is 0.0697. The molecule has 4 heteroatoms. The Labute approximate surface area is 129 Å². The average Bonchev–Trinajstić information content (AvgIpc) is 2.53. The Balaban J connectivity index is 2.13. The molecule has 0 radical (unpaired) electrons. The predicted octanol–water partition coefficient (Wildman–Crippen LogP) is 4.05. The summed E-state index contributed by atoms with van der Waals surface area (Å²) in [5.74, 6) is -0.353. The van der Waals surface area contributed by atoms with E-state index in [-0.39, 0.29) is 11.3 Å². The third-order valence-corrected chi connectivity index (χ3v) is 3.07. The zero-order chi connectivity index (χ0) is 15.9. The zero-order valence-electron chi connectivity index (χ0n) is 12.3. The standard InChI is InChI=1S/C18H18O4/c1-2-11-22-17-12-14(7-10-16(17)19)4-3-13-5-8-15(9-6-13)18(20)21/h3-10,12,19H,2,11H2,1H3,(H,20,21). The largest absolute Gasteiger partial charge is 0.504 e. The molecule has 0 saturated carbocycles. The van der Waals surface area contributed by atoms with Crippen molar-refractivity contribution in [1.82, 2.24) is 0 Å². The van der Waals surface area contributed by atoms with Crippen LogP contribution in [0.25, 0.3) is 12.2 Å². The summed E-state index contributed by atoms with van der Waals surface area (Å²) in [4.78, 5) is 10.8. The van der Waals surface area contributed by atoms with Gasteiger partial charge in [0.25, 0.3) is 0 Å². The number of ether oxygens (including phenoxy) is 1. The molecule has 0 atom stereocenters. The Hall–Kier alpha value is -2.75. The van der Waals surface area contributed by atoms with E-state index in [9.17, 15) is 9.90 Å². The molecular weight excluding hydrogens is 280 g/mol. The van der Waals surface area contributed by atoms with Gasteiger partial charge >= 0.3 is 5.97 Å². The first-order valence-electron chi connectivity index (χ1n) is 7.07. The first kappa shape index (κ1) is 15.6. The number of carboxylic acids is 1. The molecule has 0 spiro atoms. The van der Waals surface area contributed by atoms with Crippen LogP contribution < -0.4 is 4.74 Å². The van der Waals surface area contributed by atoms with Gasteiger partial charge in [-0.05, 0) is 41.8 Å². The van der Waals surface area contributed by atoms with Crippen LogP contribution in [0.2, 0.25) is 0 Å². The highest BCUT2D eigenvalue weighted by Gasteiger charge is 2.03. The summed E-state index contributed by atoms with van der Waals surface area (Å²) in [6, 6.07) is 11.8. The molecule has 0 amide bonds. The van der Waals surface area contributed by atoms with Gasteiger partial charge in [-0.2, -0.15) is 0 Å². The van der Waals surface area contributed by atoms with Gasteiger partial charge in [-0.3, -0.25) is 0 Å². The molecule has 0 aromatic heterocycles. The summed E-state index contributed by atoms with van der Waals surface area (Å²) in [6.45, 7) is 2.55. The Morgan fingerprint density at radius 2 is 1.73 bits per heavy atom. The van der Waals surface area contributed by atoms with E-state index in [1.54, 1.807) is 42.5 Å². The molecule has 0 heterocycles. The summed E-state index contributed by atoms with van der Waals surface area (Å²) in [5, 5.41) is 18.6. The van der Waals surface area contributed by atoms with E-state index in [4.69, 9.17) is 9.84 Å². The van der Waals surface area contributed by atoms with Crippen LogP contribution in [0.1, 0.15) is 34.8 Å². The summed E-state index contributed by atoms with van der Waals surface area (Å²) in [7, 11) is 0. The van der Waals surface area contributed by atoms with Gasteiger partial charge in [0.1, 0.15) is 0 Å². The minimum absolute atomic E-state index is 0.122. The highest BCUT2D eigenvalue weighted by Crippen LogP contribution is 2.27. The fraction of sp³-hybridized carbons (Fsp3) is 0.167. The maximum absolute atomic E-state index is 10.8. The molecule has 2 rings (SSSR count). The molecule has 0 saturated heterocycles. The van der Waals surface area contributed by atoms with Crippen LogP contribution in [-0.4, -0.2) is 22.8 Å². The molecule has 114 valence electrons. The molecular formula is C18H18O4. The molecule has 0 bridgehead atoms. The van der Waals surface area contributed by atoms with Crippen LogP contribution in [0, 0.1) is 0 Å². The second-order valence-electron chi connectivity index (χ2n) is 4.84. The summed E-state index contributed by atoms with van der Waals surface area (Å²) >= 11 is 0. The van der Waals surface area contributed by atoms with Crippen molar-refractivity contribution >= 4 is 18.1 Å². The van der Waals surface area contributed by atoms with Gasteiger partial charge in [-0.15, -0.1) is 0 Å². The number of aromatic carboxylic acids is 1. The molecule has 0 unspecified atom stereocenters. The van der Waals surface area contributed by atoms with E-state index in [2.05, 4.69) is 0 Å². The monoisotopic (exact) mass is 298 g/mol. The number of carboxylic acid groups (broad SMARTS) is 1. The van der Waals surface area contributed by atoms with E-state index < -0.39 is 5.97 Å². The second kappa shape index (κ2) is 7.31. The molecule has 0 aliphatic rings. The number of carbonyl (C=O) groups is 1. The van der Waals surface area contributed by atoms with E-state index in [1.165, 1.54) is 0 Å². The maximum Gasteiger partial charge on any atom is 0.335 e. The lowest BCUT2D eigenvalue weighted by Gasteiger charge is -2.07. The Morgan fingerprint density at radius 1 is 1.09 bits per heavy atom. The molecule has 4 nitrogen and oxygen atoms in total. The van der Waals surface area contributed by atoms with Crippen LogP contribution in [-0.2, 0) is 0 Å². The number of phenolic OH excluding ortho intramolecular Hbond substituents is 1. The van der Waals surface area contributed by atoms with Crippen molar-refractivity contribution in [2.24, 2.45) is 0 Å². The van der Waals surface area contributed by atoms with Crippen molar-refractivity contribution in [3.63, 3.8) is 0 Å². The predicted molar refractivity (Wildman–Crippen MR) is 86.2 cm³/mol. The normalized spacial score (nSPS) is 10.8. The minimum Gasteiger partial charge on any atom is -0.504 e. The third kappa shape index (κ3) is 4.12. The van der Waals surface area contributed by atoms with Crippen molar-refractivity contribution in [2.45, 2.75) is 13.3 Å². The summed E-state index contributed by atoms with van der Waals surface area (Å²) in [5.41, 5.74) is 2.05. The van der Waals surface area contributed by atoms with Gasteiger partial charge in [0.05, 0.1) is 12.2 Å². The van der Waals surface area contributed by atoms with Gasteiger partial charge in [-0.25, -0.2) is 4.79 Å². The Morgan fingerprint density at radius 3 is 2.36 bits per heavy atom. The van der Waals surface area contributed by atoms with Crippen LogP contribution in [0.15, 0.2) is 42.5 Å². The van der Waals surface area contributed by atoms with Gasteiger partial charge in [0.15, 0.2) is 11.5 Å². The number of rotatable bonds is 6. The summed E-state index contributed by atoms with van der Waals surface area (Å²) in [6.07, 6.45) is 4.63. The minimum atomic E-state index is -0.938. The molecule has 2 N–H and O–H groups in total. The van der Waals surface area contributed by atoms with Crippen molar-refractivity contribution in [3.8, 4) is 11.5 Å². The fourth-order valence-electron chi connectivity index (χ4n) is 1.89. The highest BCUT2D eigenvalue weighted by atomic mass is 16.5. The Bertz CT molecular complexity index is 672. The molecule has 0 aliphatic carbocycles. The molecule has 0 fully saturated rings. The van der Waals surface area contributed by atoms with Crippen LogP contribution in [0.5, 0.6) is 11.5 Å². The molecule has 2 aromatic rings. The van der Waals surface area contributed by atoms with Crippen LogP contribution in [0.4, 0.5) is 0 Å². The SMILES string of the molecule is CCCOc1cc(C=Cc2ccc(C(=O)O)cc2)ccc1O. The topological polar surface area (TPSA) is 66.8 Å². The van der Waals surface area contributed by atoms with Crippen LogP contribution in [0.3, 0.4) is 0 Å². The number of benzene rings is 2. The second-order valence-corrected chi connectivity index (χ2v) is 4.84. The van der Waals surface area contributed by atoms with Crippen molar-refractivity contribution in [1.29, 1.82) is 0 Å². The van der Waals surface area contributed by atoms with Gasteiger partial charge < -0.3 is 14.9 Å². The molecule has 22 heavy (non-hydrogen) atoms. The first-order valence-corrected chi connectivity index (χ1v) is 7.07. The number of phenols is 1. The van der Waals surface area contributed by atoms with Gasteiger partial charge in [-0.1, -0.05) is 37.3 Å². The van der Waals surface area contributed by atoms with Crippen molar-refractivity contribution < 1.29 is 19.7 Å². The smallest absolute Gasteiger partial charge is 0.335 e. The van der Waals surface area contributed by atoms with Crippen molar-refractivity contribution in [2.75, 3.05) is 6.61 Å². The average molecular weight is 298 g/mol. The molecule has 0 aliphatic heterocycles. The van der Waals surface area contributed by atoms with E-state index in [1.807, 2.05) is 19.1 Å². The first-order chi connectivity index (χ1) is 10.6. The zero-order valence-corrected chi connectivity index (χ0v) is 12.3. The molecule has 2 aromatic carbocycles. The Kier molecular flexibility index (Phi) is 5.20. The van der Waals surface area contributed by atoms with Gasteiger partial charge in [0.2, 0.25) is 0 Å². The quantitative estimate of drug-likeness (QED) is 0.790. The van der Waals surface area contributed by atoms with Crippen LogP contribution >= 0.6 is 0 Å².